The third-order valence-corrected chi connectivity index (χ3v) is 2.69. The minimum atomic E-state index is -0.892. The monoisotopic (exact) mass is 276 g/mol. The van der Waals surface area contributed by atoms with Gasteiger partial charge in [0.05, 0.1) is 6.54 Å². The number of amides is 2. The fourth-order valence-corrected chi connectivity index (χ4v) is 1.63. The lowest BCUT2D eigenvalue weighted by atomic mass is 10.2. The molecule has 20 heavy (non-hydrogen) atoms. The van der Waals surface area contributed by atoms with Crippen molar-refractivity contribution < 1.29 is 19.2 Å². The van der Waals surface area contributed by atoms with Crippen molar-refractivity contribution in [1.82, 2.24) is 5.06 Å². The third-order valence-electron chi connectivity index (χ3n) is 2.69. The van der Waals surface area contributed by atoms with Crippen molar-refractivity contribution in [3.8, 4) is 5.95 Å². The minimum Gasteiger partial charge on any atom is -0.460 e. The molecule has 0 spiro atoms. The molecule has 0 aliphatic rings. The molecule has 0 aliphatic carbocycles. The highest BCUT2D eigenvalue weighted by atomic mass is 16.6. The van der Waals surface area contributed by atoms with Gasteiger partial charge in [0.25, 0.3) is 5.95 Å². The molecule has 0 saturated carbocycles. The Bertz CT molecular complexity index is 553. The molecule has 3 N–H and O–H groups in total. The number of nitrogens with zero attached hydrogens (tertiary/aromatic N) is 1. The number of urea groups is 1. The second kappa shape index (κ2) is 6.63. The van der Waals surface area contributed by atoms with Gasteiger partial charge in [-0.05, 0) is 11.6 Å². The van der Waals surface area contributed by atoms with Crippen LogP contribution in [0.25, 0.3) is 0 Å². The van der Waals surface area contributed by atoms with Crippen molar-refractivity contribution >= 4 is 6.03 Å². The maximum absolute atomic E-state index is 10.6. The largest absolute Gasteiger partial charge is 0.460 e. The van der Waals surface area contributed by atoms with Crippen LogP contribution in [0, 0.1) is 0 Å². The van der Waals surface area contributed by atoms with Gasteiger partial charge in [0.1, 0.15) is 12.4 Å². The number of furan rings is 1. The summed E-state index contributed by atoms with van der Waals surface area (Å²) < 4.78 is 10.9. The van der Waals surface area contributed by atoms with Gasteiger partial charge >= 0.3 is 6.03 Å². The highest BCUT2D eigenvalue weighted by Crippen LogP contribution is 2.18. The molecule has 6 heteroatoms. The van der Waals surface area contributed by atoms with E-state index in [9.17, 15) is 4.79 Å². The van der Waals surface area contributed by atoms with Crippen LogP contribution in [-0.2, 0) is 13.0 Å². The number of hydrogen-bond acceptors (Lipinski definition) is 4. The number of benzene rings is 1. The zero-order valence-electron chi connectivity index (χ0n) is 10.9. The molecule has 2 rings (SSSR count). The standard InChI is InChI=1S/C14H16N2O4/c15-14(17)16(18)9-8-12-6-7-13(20-12)19-10-11-4-2-1-3-5-11/h1-7,18H,8-10H2,(H2,15,17). The van der Waals surface area contributed by atoms with Crippen LogP contribution in [0.15, 0.2) is 46.9 Å². The van der Waals surface area contributed by atoms with E-state index in [1.807, 2.05) is 30.3 Å². The van der Waals surface area contributed by atoms with Crippen LogP contribution in [0.1, 0.15) is 11.3 Å². The lowest BCUT2D eigenvalue weighted by Gasteiger charge is -2.09. The average molecular weight is 276 g/mol. The molecule has 2 aromatic rings. The summed E-state index contributed by atoms with van der Waals surface area (Å²) in [5, 5.41) is 9.57. The SMILES string of the molecule is NC(=O)N(O)CCc1ccc(OCc2ccccc2)o1. The zero-order valence-corrected chi connectivity index (χ0v) is 10.9. The summed E-state index contributed by atoms with van der Waals surface area (Å²) in [6.07, 6.45) is 0.355. The molecule has 0 atom stereocenters. The molecule has 2 amide bonds. The van der Waals surface area contributed by atoms with Crippen molar-refractivity contribution in [2.45, 2.75) is 13.0 Å². The number of hydroxylamine groups is 2. The number of ether oxygens (including phenoxy) is 1. The quantitative estimate of drug-likeness (QED) is 0.625. The minimum absolute atomic E-state index is 0.0704. The van der Waals surface area contributed by atoms with Gasteiger partial charge in [-0.2, -0.15) is 0 Å². The molecule has 0 fully saturated rings. The van der Waals surface area contributed by atoms with E-state index in [2.05, 4.69) is 0 Å². The Labute approximate surface area is 116 Å². The van der Waals surface area contributed by atoms with Crippen LogP contribution < -0.4 is 10.5 Å². The first-order chi connectivity index (χ1) is 9.65. The Morgan fingerprint density at radius 2 is 2.00 bits per heavy atom. The van der Waals surface area contributed by atoms with Crippen LogP contribution >= 0.6 is 0 Å². The van der Waals surface area contributed by atoms with E-state index in [0.717, 1.165) is 5.56 Å². The smallest absolute Gasteiger partial charge is 0.338 e. The molecule has 106 valence electrons. The molecule has 0 aliphatic heterocycles. The predicted molar refractivity (Wildman–Crippen MR) is 71.3 cm³/mol. The summed E-state index contributed by atoms with van der Waals surface area (Å²) in [4.78, 5) is 10.6. The molecule has 0 bridgehead atoms. The lowest BCUT2D eigenvalue weighted by Crippen LogP contribution is -2.34. The number of rotatable bonds is 6. The van der Waals surface area contributed by atoms with Crippen molar-refractivity contribution in [3.05, 3.63) is 53.8 Å². The van der Waals surface area contributed by atoms with Crippen molar-refractivity contribution in [2.24, 2.45) is 5.73 Å². The van der Waals surface area contributed by atoms with Gasteiger partial charge in [0.15, 0.2) is 0 Å². The first kappa shape index (κ1) is 14.0. The summed E-state index contributed by atoms with van der Waals surface area (Å²) >= 11 is 0. The molecular weight excluding hydrogens is 260 g/mol. The van der Waals surface area contributed by atoms with Gasteiger partial charge in [-0.3, -0.25) is 5.21 Å². The molecule has 1 heterocycles. The van der Waals surface area contributed by atoms with Crippen molar-refractivity contribution in [1.29, 1.82) is 0 Å². The van der Waals surface area contributed by atoms with Crippen LogP contribution in [0.3, 0.4) is 0 Å². The molecule has 6 nitrogen and oxygen atoms in total. The van der Waals surface area contributed by atoms with Gasteiger partial charge in [0.2, 0.25) is 0 Å². The van der Waals surface area contributed by atoms with E-state index in [-0.39, 0.29) is 6.54 Å². The van der Waals surface area contributed by atoms with Gasteiger partial charge in [-0.15, -0.1) is 0 Å². The maximum Gasteiger partial charge on any atom is 0.338 e. The Morgan fingerprint density at radius 3 is 2.70 bits per heavy atom. The van der Waals surface area contributed by atoms with E-state index in [4.69, 9.17) is 20.1 Å². The third kappa shape index (κ3) is 4.03. The molecule has 0 saturated heterocycles. The van der Waals surface area contributed by atoms with Gasteiger partial charge in [-0.1, -0.05) is 30.3 Å². The summed E-state index contributed by atoms with van der Waals surface area (Å²) in [6.45, 7) is 0.488. The van der Waals surface area contributed by atoms with E-state index in [1.54, 1.807) is 12.1 Å². The van der Waals surface area contributed by atoms with Crippen molar-refractivity contribution in [2.75, 3.05) is 6.54 Å². The van der Waals surface area contributed by atoms with E-state index in [0.29, 0.717) is 29.8 Å². The highest BCUT2D eigenvalue weighted by molar-refractivity contribution is 5.70. The van der Waals surface area contributed by atoms with Gasteiger partial charge in [-0.25, -0.2) is 9.86 Å². The lowest BCUT2D eigenvalue weighted by molar-refractivity contribution is -0.0391. The van der Waals surface area contributed by atoms with E-state index >= 15 is 0 Å². The second-order valence-corrected chi connectivity index (χ2v) is 4.21. The first-order valence-electron chi connectivity index (χ1n) is 6.16. The summed E-state index contributed by atoms with van der Waals surface area (Å²) in [5.41, 5.74) is 5.94. The molecule has 0 radical (unpaired) electrons. The van der Waals surface area contributed by atoms with Crippen molar-refractivity contribution in [3.63, 3.8) is 0 Å². The van der Waals surface area contributed by atoms with E-state index in [1.165, 1.54) is 0 Å². The van der Waals surface area contributed by atoms with Crippen LogP contribution in [-0.4, -0.2) is 22.8 Å². The molecule has 1 aromatic carbocycles. The molecule has 0 unspecified atom stereocenters. The highest BCUT2D eigenvalue weighted by Gasteiger charge is 2.08. The molecule has 1 aromatic heterocycles. The first-order valence-corrected chi connectivity index (χ1v) is 6.16. The van der Waals surface area contributed by atoms with Gasteiger partial charge < -0.3 is 14.9 Å². The number of carbonyl (C=O) groups is 1. The topological polar surface area (TPSA) is 88.9 Å². The molecular formula is C14H16N2O4. The Morgan fingerprint density at radius 1 is 1.25 bits per heavy atom. The summed E-state index contributed by atoms with van der Waals surface area (Å²) in [6, 6.07) is 12.3. The second-order valence-electron chi connectivity index (χ2n) is 4.21. The number of carbonyl (C=O) groups excluding carboxylic acids is 1. The maximum atomic E-state index is 10.6. The Hall–Kier alpha value is -2.47. The zero-order chi connectivity index (χ0) is 14.4. The predicted octanol–water partition coefficient (Wildman–Crippen LogP) is 2.17. The van der Waals surface area contributed by atoms with E-state index < -0.39 is 6.03 Å². The number of hydrogen-bond donors (Lipinski definition) is 2. The van der Waals surface area contributed by atoms with Crippen LogP contribution in [0.5, 0.6) is 5.95 Å². The fourth-order valence-electron chi connectivity index (χ4n) is 1.63. The van der Waals surface area contributed by atoms with Gasteiger partial charge in [0, 0.05) is 12.5 Å². The Balaban J connectivity index is 1.82. The summed E-state index contributed by atoms with van der Waals surface area (Å²) in [7, 11) is 0. The van der Waals surface area contributed by atoms with Crippen LogP contribution in [0.2, 0.25) is 0 Å². The average Bonchev–Trinajstić information content (AvgIpc) is 2.91. The number of primary amides is 1. The Kier molecular flexibility index (Phi) is 4.62. The normalized spacial score (nSPS) is 10.2. The number of nitrogens with two attached hydrogens (primary N) is 1. The fraction of sp³-hybridized carbons (Fsp3) is 0.214. The summed E-state index contributed by atoms with van der Waals surface area (Å²) in [5.74, 6) is 1.00. The van der Waals surface area contributed by atoms with Crippen LogP contribution in [0.4, 0.5) is 4.79 Å².